The molecule has 5 nitrogen and oxygen atoms in total. The topological polar surface area (TPSA) is 87.7 Å². The number of rotatable bonds is 4. The number of amides is 1. The maximum atomic E-state index is 12.3. The fourth-order valence-corrected chi connectivity index (χ4v) is 3.35. The van der Waals surface area contributed by atoms with Crippen molar-refractivity contribution in [1.29, 1.82) is 0 Å². The Labute approximate surface area is 116 Å². The molecule has 6 heteroatoms. The predicted octanol–water partition coefficient (Wildman–Crippen LogP) is 1.88. The monoisotopic (exact) mass is 281 g/mol. The average Bonchev–Trinajstić information content (AvgIpc) is 2.98. The summed E-state index contributed by atoms with van der Waals surface area (Å²) in [6.45, 7) is 3.63. The van der Waals surface area contributed by atoms with Crippen LogP contribution in [0.25, 0.3) is 0 Å². The number of hydrogen-bond donors (Lipinski definition) is 3. The lowest BCUT2D eigenvalue weighted by molar-refractivity contribution is 0.0929. The second-order valence-electron chi connectivity index (χ2n) is 5.04. The molecule has 1 aromatic heterocycles. The molecule has 2 rings (SSSR count). The molecule has 1 amide bonds. The van der Waals surface area contributed by atoms with Crippen LogP contribution in [0.1, 0.15) is 46.8 Å². The molecule has 0 radical (unpaired) electrons. The van der Waals surface area contributed by atoms with Gasteiger partial charge in [-0.2, -0.15) is 0 Å². The number of nitrogens with two attached hydrogens (primary N) is 1. The highest BCUT2D eigenvalue weighted by Gasteiger charge is 2.31. The summed E-state index contributed by atoms with van der Waals surface area (Å²) in [5.74, 6) is -0.136. The van der Waals surface area contributed by atoms with E-state index in [0.29, 0.717) is 11.3 Å². The molecule has 0 fully saturated rings. The molecular weight excluding hydrogens is 262 g/mol. The summed E-state index contributed by atoms with van der Waals surface area (Å²) < 4.78 is 0. The zero-order valence-electron chi connectivity index (χ0n) is 11.2. The average molecular weight is 281 g/mol. The summed E-state index contributed by atoms with van der Waals surface area (Å²) in [7, 11) is 0. The number of nitrogens with one attached hydrogen (secondary N) is 1. The summed E-state index contributed by atoms with van der Waals surface area (Å²) in [4.78, 5) is 14.3. The molecular formula is C13H19N3O2S. The van der Waals surface area contributed by atoms with E-state index in [1.165, 1.54) is 16.9 Å². The molecule has 1 heterocycles. The van der Waals surface area contributed by atoms with E-state index in [-0.39, 0.29) is 11.7 Å². The number of fused-ring (bicyclic) bond motifs is 1. The van der Waals surface area contributed by atoms with Crippen molar-refractivity contribution in [1.82, 2.24) is 5.32 Å². The van der Waals surface area contributed by atoms with E-state index in [4.69, 9.17) is 10.9 Å². The van der Waals surface area contributed by atoms with Crippen LogP contribution in [0.5, 0.6) is 0 Å². The lowest BCUT2D eigenvalue weighted by Crippen LogP contribution is -2.54. The first-order valence-corrected chi connectivity index (χ1v) is 7.24. The van der Waals surface area contributed by atoms with E-state index in [1.54, 1.807) is 18.3 Å². The van der Waals surface area contributed by atoms with Gasteiger partial charge in [-0.1, -0.05) is 12.1 Å². The zero-order chi connectivity index (χ0) is 14.0. The fourth-order valence-electron chi connectivity index (χ4n) is 2.20. The van der Waals surface area contributed by atoms with E-state index in [2.05, 4.69) is 10.5 Å². The molecule has 1 unspecified atom stereocenters. The summed E-state index contributed by atoms with van der Waals surface area (Å²) in [6, 6.07) is 1.96. The van der Waals surface area contributed by atoms with Crippen molar-refractivity contribution in [3.8, 4) is 0 Å². The van der Waals surface area contributed by atoms with E-state index in [0.717, 1.165) is 12.8 Å². The first-order chi connectivity index (χ1) is 9.00. The summed E-state index contributed by atoms with van der Waals surface area (Å²) >= 11 is 1.55. The molecule has 1 aromatic rings. The molecule has 19 heavy (non-hydrogen) atoms. The second-order valence-corrected chi connectivity index (χ2v) is 6.17. The minimum atomic E-state index is -0.819. The highest BCUT2D eigenvalue weighted by atomic mass is 32.1. The van der Waals surface area contributed by atoms with Crippen LogP contribution >= 0.6 is 11.3 Å². The van der Waals surface area contributed by atoms with Crippen molar-refractivity contribution in [3.63, 3.8) is 0 Å². The van der Waals surface area contributed by atoms with E-state index in [9.17, 15) is 4.79 Å². The van der Waals surface area contributed by atoms with Gasteiger partial charge in [0.2, 0.25) is 0 Å². The van der Waals surface area contributed by atoms with Gasteiger partial charge >= 0.3 is 0 Å². The van der Waals surface area contributed by atoms with Crippen LogP contribution in [0.3, 0.4) is 0 Å². The van der Waals surface area contributed by atoms with Gasteiger partial charge in [0.05, 0.1) is 10.4 Å². The van der Waals surface area contributed by atoms with Gasteiger partial charge in [-0.05, 0) is 44.2 Å². The third kappa shape index (κ3) is 2.58. The molecule has 0 spiro atoms. The molecule has 0 saturated heterocycles. The number of carbonyl (C=O) groups excluding carboxylic acids is 1. The van der Waals surface area contributed by atoms with Crippen LogP contribution in [0, 0.1) is 0 Å². The lowest BCUT2D eigenvalue weighted by atomic mass is 9.97. The van der Waals surface area contributed by atoms with Gasteiger partial charge in [0.15, 0.2) is 5.84 Å². The Morgan fingerprint density at radius 2 is 2.37 bits per heavy atom. The van der Waals surface area contributed by atoms with Gasteiger partial charge in [-0.15, -0.1) is 11.3 Å². The van der Waals surface area contributed by atoms with E-state index >= 15 is 0 Å². The van der Waals surface area contributed by atoms with Crippen molar-refractivity contribution in [2.45, 2.75) is 45.1 Å². The van der Waals surface area contributed by atoms with Gasteiger partial charge in [0.25, 0.3) is 5.91 Å². The summed E-state index contributed by atoms with van der Waals surface area (Å²) in [6.07, 6.45) is 3.86. The largest absolute Gasteiger partial charge is 0.409 e. The Morgan fingerprint density at radius 3 is 2.95 bits per heavy atom. The van der Waals surface area contributed by atoms with Gasteiger partial charge in [-0.25, -0.2) is 0 Å². The van der Waals surface area contributed by atoms with Gasteiger partial charge < -0.3 is 16.3 Å². The predicted molar refractivity (Wildman–Crippen MR) is 75.9 cm³/mol. The van der Waals surface area contributed by atoms with Crippen molar-refractivity contribution >= 4 is 23.1 Å². The highest BCUT2D eigenvalue weighted by molar-refractivity contribution is 7.14. The molecule has 0 aliphatic heterocycles. The number of amidine groups is 1. The quantitative estimate of drug-likeness (QED) is 0.341. The lowest BCUT2D eigenvalue weighted by Gasteiger charge is -2.27. The normalized spacial score (nSPS) is 17.9. The molecule has 1 aliphatic rings. The van der Waals surface area contributed by atoms with Crippen LogP contribution in [0.15, 0.2) is 11.2 Å². The Morgan fingerprint density at radius 1 is 1.63 bits per heavy atom. The number of oxime groups is 1. The number of thiophene rings is 1. The molecule has 4 N–H and O–H groups in total. The minimum Gasteiger partial charge on any atom is -0.409 e. The maximum Gasteiger partial charge on any atom is 0.262 e. The maximum absolute atomic E-state index is 12.3. The SMILES string of the molecule is CCC(C)(NC(=O)c1cc2c(s1)CCC2)/C(N)=N/O. The third-order valence-corrected chi connectivity index (χ3v) is 4.98. The van der Waals surface area contributed by atoms with Crippen LogP contribution < -0.4 is 11.1 Å². The molecule has 0 saturated carbocycles. The van der Waals surface area contributed by atoms with Crippen molar-refractivity contribution in [3.05, 3.63) is 21.4 Å². The Balaban J connectivity index is 2.15. The number of aryl methyl sites for hydroxylation is 2. The fraction of sp³-hybridized carbons (Fsp3) is 0.538. The molecule has 0 aromatic carbocycles. The van der Waals surface area contributed by atoms with Crippen LogP contribution in [0.4, 0.5) is 0 Å². The van der Waals surface area contributed by atoms with Crippen molar-refractivity contribution < 1.29 is 10.0 Å². The number of hydrogen-bond acceptors (Lipinski definition) is 4. The third-order valence-electron chi connectivity index (χ3n) is 3.74. The van der Waals surface area contributed by atoms with Gasteiger partial charge in [0, 0.05) is 4.88 Å². The molecule has 1 atom stereocenters. The summed E-state index contributed by atoms with van der Waals surface area (Å²) in [5.41, 5.74) is 6.12. The number of carbonyl (C=O) groups is 1. The Hall–Kier alpha value is -1.56. The first kappa shape index (κ1) is 13.9. The van der Waals surface area contributed by atoms with E-state index < -0.39 is 5.54 Å². The van der Waals surface area contributed by atoms with Crippen molar-refractivity contribution in [2.24, 2.45) is 10.9 Å². The number of nitrogens with zero attached hydrogens (tertiary/aromatic N) is 1. The molecule has 1 aliphatic carbocycles. The smallest absolute Gasteiger partial charge is 0.262 e. The standard InChI is InChI=1S/C13H19N3O2S/c1-3-13(2,12(14)16-18)15-11(17)10-7-8-5-4-6-9(8)19-10/h7,18H,3-6H2,1-2H3,(H2,14,16)(H,15,17). The van der Waals surface area contributed by atoms with Crippen LogP contribution in [-0.4, -0.2) is 22.5 Å². The Kier molecular flexibility index (Phi) is 3.80. The van der Waals surface area contributed by atoms with Gasteiger partial charge in [-0.3, -0.25) is 4.79 Å². The van der Waals surface area contributed by atoms with Crippen LogP contribution in [0.2, 0.25) is 0 Å². The highest BCUT2D eigenvalue weighted by Crippen LogP contribution is 2.30. The first-order valence-electron chi connectivity index (χ1n) is 6.42. The minimum absolute atomic E-state index is 0.0208. The van der Waals surface area contributed by atoms with E-state index in [1.807, 2.05) is 13.0 Å². The second kappa shape index (κ2) is 5.21. The molecule has 0 bridgehead atoms. The summed E-state index contributed by atoms with van der Waals surface area (Å²) in [5, 5.41) is 14.7. The van der Waals surface area contributed by atoms with Gasteiger partial charge in [0.1, 0.15) is 0 Å². The molecule has 104 valence electrons. The van der Waals surface area contributed by atoms with Crippen LogP contribution in [-0.2, 0) is 12.8 Å². The zero-order valence-corrected chi connectivity index (χ0v) is 12.0. The van der Waals surface area contributed by atoms with Crippen molar-refractivity contribution in [2.75, 3.05) is 0 Å². The Bertz CT molecular complexity index is 502.